The third-order valence-corrected chi connectivity index (χ3v) is 4.74. The van der Waals surface area contributed by atoms with Gasteiger partial charge in [0.2, 0.25) is 0 Å². The molecule has 0 amide bonds. The van der Waals surface area contributed by atoms with Crippen LogP contribution in [0.5, 0.6) is 0 Å². The molecule has 0 saturated carbocycles. The maximum atomic E-state index is 3.76. The molecular weight excluding hydrogens is 238 g/mol. The summed E-state index contributed by atoms with van der Waals surface area (Å²) in [6.45, 7) is 5.62. The Bertz CT molecular complexity index is 392. The Morgan fingerprint density at radius 1 is 1.33 bits per heavy atom. The fourth-order valence-electron chi connectivity index (χ4n) is 2.70. The molecule has 100 valence electrons. The normalized spacial score (nSPS) is 17.6. The number of rotatable bonds is 6. The van der Waals surface area contributed by atoms with Crippen molar-refractivity contribution in [2.75, 3.05) is 6.54 Å². The van der Waals surface area contributed by atoms with E-state index in [0.29, 0.717) is 6.04 Å². The maximum Gasteiger partial charge on any atom is 0.0633 e. The molecule has 1 aliphatic rings. The number of hydrogen-bond acceptors (Lipinski definition) is 2. The van der Waals surface area contributed by atoms with Crippen molar-refractivity contribution in [1.82, 2.24) is 5.32 Å². The lowest BCUT2D eigenvalue weighted by molar-refractivity contribution is 0.550. The average Bonchev–Trinajstić information content (AvgIpc) is 2.89. The number of hydrogen-bond donors (Lipinski definition) is 1. The topological polar surface area (TPSA) is 12.0 Å². The smallest absolute Gasteiger partial charge is 0.0633 e. The van der Waals surface area contributed by atoms with Gasteiger partial charge in [0.1, 0.15) is 0 Å². The highest BCUT2D eigenvalue weighted by Crippen LogP contribution is 2.34. The molecule has 1 heterocycles. The van der Waals surface area contributed by atoms with Gasteiger partial charge < -0.3 is 5.32 Å². The Labute approximate surface area is 115 Å². The molecule has 1 atom stereocenters. The summed E-state index contributed by atoms with van der Waals surface area (Å²) in [4.78, 5) is 1.55. The van der Waals surface area contributed by atoms with Crippen LogP contribution < -0.4 is 5.32 Å². The highest BCUT2D eigenvalue weighted by Gasteiger charge is 2.20. The van der Waals surface area contributed by atoms with Crippen LogP contribution >= 0.6 is 11.3 Å². The van der Waals surface area contributed by atoms with Crippen LogP contribution in [-0.4, -0.2) is 6.54 Å². The molecule has 1 aromatic heterocycles. The molecule has 0 aliphatic heterocycles. The summed E-state index contributed by atoms with van der Waals surface area (Å²) in [6.07, 6.45) is 10.1. The summed E-state index contributed by atoms with van der Waals surface area (Å²) in [5.74, 6) is 0. The van der Waals surface area contributed by atoms with Crippen LogP contribution in [0.2, 0.25) is 0 Å². The van der Waals surface area contributed by atoms with Crippen molar-refractivity contribution in [2.24, 2.45) is 0 Å². The van der Waals surface area contributed by atoms with Crippen LogP contribution in [0.1, 0.15) is 62.4 Å². The van der Waals surface area contributed by atoms with E-state index in [1.165, 1.54) is 37.7 Å². The van der Waals surface area contributed by atoms with E-state index in [0.717, 1.165) is 13.0 Å². The first kappa shape index (κ1) is 13.8. The van der Waals surface area contributed by atoms with Crippen molar-refractivity contribution in [2.45, 2.75) is 58.4 Å². The van der Waals surface area contributed by atoms with E-state index in [9.17, 15) is 0 Å². The summed E-state index contributed by atoms with van der Waals surface area (Å²) in [7, 11) is 0. The molecule has 1 N–H and O–H groups in total. The lowest BCUT2D eigenvalue weighted by Crippen LogP contribution is -2.24. The van der Waals surface area contributed by atoms with Gasteiger partial charge in [-0.15, -0.1) is 11.3 Å². The first-order chi connectivity index (χ1) is 8.86. The van der Waals surface area contributed by atoms with E-state index < -0.39 is 0 Å². The van der Waals surface area contributed by atoms with Gasteiger partial charge in [-0.05, 0) is 62.1 Å². The first-order valence-electron chi connectivity index (χ1n) is 7.35. The Morgan fingerprint density at radius 3 is 2.89 bits per heavy atom. The maximum absolute atomic E-state index is 3.76. The van der Waals surface area contributed by atoms with E-state index in [4.69, 9.17) is 0 Å². The molecule has 0 fully saturated rings. The van der Waals surface area contributed by atoms with Crippen LogP contribution in [0.15, 0.2) is 23.1 Å². The molecule has 0 bridgehead atoms. The van der Waals surface area contributed by atoms with Crippen LogP contribution in [-0.2, 0) is 6.42 Å². The van der Waals surface area contributed by atoms with Crippen molar-refractivity contribution < 1.29 is 0 Å². The summed E-state index contributed by atoms with van der Waals surface area (Å²) < 4.78 is 0. The quantitative estimate of drug-likeness (QED) is 0.723. The van der Waals surface area contributed by atoms with Gasteiger partial charge in [-0.1, -0.05) is 25.5 Å². The first-order valence-corrected chi connectivity index (χ1v) is 8.23. The van der Waals surface area contributed by atoms with E-state index in [2.05, 4.69) is 36.7 Å². The third kappa shape index (κ3) is 3.24. The van der Waals surface area contributed by atoms with Gasteiger partial charge in [0.25, 0.3) is 0 Å². The minimum atomic E-state index is 0.486. The van der Waals surface area contributed by atoms with Crippen molar-refractivity contribution in [3.8, 4) is 0 Å². The Kier molecular flexibility index (Phi) is 5.45. The summed E-state index contributed by atoms with van der Waals surface area (Å²) in [6, 6.07) is 2.78. The van der Waals surface area contributed by atoms with E-state index in [-0.39, 0.29) is 0 Å². The lowest BCUT2D eigenvalue weighted by atomic mass is 9.91. The zero-order valence-corrected chi connectivity index (χ0v) is 12.5. The molecule has 1 nitrogen and oxygen atoms in total. The predicted octanol–water partition coefficient (Wildman–Crippen LogP) is 4.85. The summed E-state index contributed by atoms with van der Waals surface area (Å²) in [5, 5.41) is 6.01. The van der Waals surface area contributed by atoms with E-state index in [1.807, 2.05) is 11.3 Å². The average molecular weight is 263 g/mol. The van der Waals surface area contributed by atoms with Crippen LogP contribution in [0.3, 0.4) is 0 Å². The minimum absolute atomic E-state index is 0.486. The number of allylic oxidation sites excluding steroid dienone is 1. The molecule has 2 rings (SSSR count). The van der Waals surface area contributed by atoms with Gasteiger partial charge in [-0.2, -0.15) is 0 Å². The number of nitrogens with one attached hydrogen (secondary N) is 1. The van der Waals surface area contributed by atoms with Gasteiger partial charge in [0, 0.05) is 4.88 Å². The molecule has 18 heavy (non-hydrogen) atoms. The van der Waals surface area contributed by atoms with E-state index in [1.54, 1.807) is 10.5 Å². The van der Waals surface area contributed by atoms with Crippen molar-refractivity contribution in [3.63, 3.8) is 0 Å². The fourth-order valence-corrected chi connectivity index (χ4v) is 3.81. The molecule has 1 aromatic rings. The number of aryl methyl sites for hydroxylation is 1. The number of thiophene rings is 1. The molecule has 0 aromatic carbocycles. The minimum Gasteiger partial charge on any atom is -0.306 e. The second-order valence-electron chi connectivity index (χ2n) is 5.08. The van der Waals surface area contributed by atoms with Crippen LogP contribution in [0.4, 0.5) is 0 Å². The standard InChI is InChI=1S/C16H25NS/c1-3-11-17-15(14-8-6-5-7-9-14)16-13(4-2)10-12-18-16/h8,10,12,15,17H,3-7,9,11H2,1-2H3. The van der Waals surface area contributed by atoms with Gasteiger partial charge in [-0.25, -0.2) is 0 Å². The van der Waals surface area contributed by atoms with Crippen molar-refractivity contribution in [1.29, 1.82) is 0 Å². The zero-order valence-electron chi connectivity index (χ0n) is 11.7. The van der Waals surface area contributed by atoms with Crippen LogP contribution in [0, 0.1) is 0 Å². The van der Waals surface area contributed by atoms with Crippen molar-refractivity contribution >= 4 is 11.3 Å². The fraction of sp³-hybridized carbons (Fsp3) is 0.625. The molecule has 1 unspecified atom stereocenters. The molecule has 0 radical (unpaired) electrons. The molecule has 1 aliphatic carbocycles. The van der Waals surface area contributed by atoms with Crippen molar-refractivity contribution in [3.05, 3.63) is 33.5 Å². The largest absolute Gasteiger partial charge is 0.306 e. The van der Waals surface area contributed by atoms with E-state index >= 15 is 0 Å². The Balaban J connectivity index is 2.21. The Morgan fingerprint density at radius 2 is 2.22 bits per heavy atom. The summed E-state index contributed by atoms with van der Waals surface area (Å²) >= 11 is 1.92. The molecule has 0 spiro atoms. The lowest BCUT2D eigenvalue weighted by Gasteiger charge is -2.24. The van der Waals surface area contributed by atoms with Gasteiger partial charge in [0.15, 0.2) is 0 Å². The summed E-state index contributed by atoms with van der Waals surface area (Å²) in [5.41, 5.74) is 3.16. The highest BCUT2D eigenvalue weighted by atomic mass is 32.1. The monoisotopic (exact) mass is 263 g/mol. The second-order valence-corrected chi connectivity index (χ2v) is 6.02. The third-order valence-electron chi connectivity index (χ3n) is 3.72. The molecular formula is C16H25NS. The SMILES string of the molecule is CCCNC(C1=CCCCC1)c1sccc1CC. The highest BCUT2D eigenvalue weighted by molar-refractivity contribution is 7.10. The molecule has 2 heteroatoms. The van der Waals surface area contributed by atoms with Crippen LogP contribution in [0.25, 0.3) is 0 Å². The second kappa shape index (κ2) is 7.10. The predicted molar refractivity (Wildman–Crippen MR) is 81.3 cm³/mol. The molecule has 0 saturated heterocycles. The van der Waals surface area contributed by atoms with Gasteiger partial charge in [-0.3, -0.25) is 0 Å². The zero-order chi connectivity index (χ0) is 12.8. The van der Waals surface area contributed by atoms with Gasteiger partial charge in [0.05, 0.1) is 6.04 Å². The Hall–Kier alpha value is -0.600. The van der Waals surface area contributed by atoms with Gasteiger partial charge >= 0.3 is 0 Å².